The lowest BCUT2D eigenvalue weighted by atomic mass is 9.94. The molecule has 0 bridgehead atoms. The van der Waals surface area contributed by atoms with Crippen LogP contribution in [0.2, 0.25) is 0 Å². The zero-order valence-electron chi connectivity index (χ0n) is 24.1. The van der Waals surface area contributed by atoms with Crippen LogP contribution in [-0.4, -0.2) is 45.5 Å². The monoisotopic (exact) mass is 561 g/mol. The van der Waals surface area contributed by atoms with Crippen LogP contribution in [0.15, 0.2) is 65.3 Å². The summed E-state index contributed by atoms with van der Waals surface area (Å²) in [6.45, 7) is 5.93. The van der Waals surface area contributed by atoms with E-state index in [9.17, 15) is 14.7 Å². The number of methoxy groups -OCH3 is 1. The Morgan fingerprint density at radius 3 is 2.59 bits per heavy atom. The number of rotatable bonds is 13. The molecule has 0 aliphatic heterocycles. The van der Waals surface area contributed by atoms with Gasteiger partial charge in [0.15, 0.2) is 5.92 Å². The summed E-state index contributed by atoms with van der Waals surface area (Å²) in [6, 6.07) is 17.0. The first-order valence-corrected chi connectivity index (χ1v) is 13.9. The molecule has 2 unspecified atom stereocenters. The largest absolute Gasteiger partial charge is 0.497 e. The van der Waals surface area contributed by atoms with E-state index in [1.54, 1.807) is 27.9 Å². The number of carbonyl (C=O) groups excluding carboxylic acids is 1. The predicted molar refractivity (Wildman–Crippen MR) is 157 cm³/mol. The minimum atomic E-state index is -1.41. The summed E-state index contributed by atoms with van der Waals surface area (Å²) in [4.78, 5) is 24.4. The molecule has 2 atom stereocenters. The molecule has 2 aromatic heterocycles. The van der Waals surface area contributed by atoms with Crippen LogP contribution < -0.4 is 10.5 Å². The van der Waals surface area contributed by atoms with E-state index in [0.29, 0.717) is 12.8 Å². The fraction of sp³-hybridized carbons (Fsp3) is 0.406. The third kappa shape index (κ3) is 7.76. The van der Waals surface area contributed by atoms with E-state index < -0.39 is 29.5 Å². The maximum atomic E-state index is 12.5. The second-order valence-corrected chi connectivity index (χ2v) is 11.3. The van der Waals surface area contributed by atoms with Crippen molar-refractivity contribution >= 4 is 22.8 Å². The van der Waals surface area contributed by atoms with Crippen molar-refractivity contribution in [3.05, 3.63) is 72.1 Å². The number of carboxylic acid groups (broad SMARTS) is 1. The molecule has 0 saturated carbocycles. The number of esters is 1. The molecule has 0 aliphatic carbocycles. The van der Waals surface area contributed by atoms with Crippen LogP contribution in [0.25, 0.3) is 22.2 Å². The second-order valence-electron chi connectivity index (χ2n) is 11.3. The quantitative estimate of drug-likeness (QED) is 0.122. The summed E-state index contributed by atoms with van der Waals surface area (Å²) in [5.74, 6) is -1.87. The SMILES string of the molecule is COc1cccc(-c2cc(CCCCn3cc(CCC(N)C(C(=O)O)C(=O)OC(C)(C)C)c4ccccc43)on2)c1. The maximum Gasteiger partial charge on any atom is 0.322 e. The van der Waals surface area contributed by atoms with E-state index >= 15 is 0 Å². The number of unbranched alkanes of at least 4 members (excludes halogenated alkanes) is 1. The number of fused-ring (bicyclic) bond motifs is 1. The highest BCUT2D eigenvalue weighted by Crippen LogP contribution is 2.26. The number of carbonyl (C=O) groups is 2. The molecule has 0 spiro atoms. The Hall–Kier alpha value is -4.11. The normalized spacial score (nSPS) is 13.2. The van der Waals surface area contributed by atoms with Crippen molar-refractivity contribution in [2.45, 2.75) is 71.1 Å². The Balaban J connectivity index is 1.36. The lowest BCUT2D eigenvalue weighted by Gasteiger charge is -2.25. The summed E-state index contributed by atoms with van der Waals surface area (Å²) in [7, 11) is 1.64. The molecule has 3 N–H and O–H groups in total. The highest BCUT2D eigenvalue weighted by atomic mass is 16.6. The van der Waals surface area contributed by atoms with Crippen LogP contribution in [-0.2, 0) is 33.7 Å². The topological polar surface area (TPSA) is 130 Å². The molecule has 0 radical (unpaired) electrons. The molecule has 218 valence electrons. The summed E-state index contributed by atoms with van der Waals surface area (Å²) in [5, 5.41) is 15.0. The molecule has 0 amide bonds. The van der Waals surface area contributed by atoms with Gasteiger partial charge in [-0.3, -0.25) is 9.59 Å². The first-order chi connectivity index (χ1) is 19.6. The highest BCUT2D eigenvalue weighted by molar-refractivity contribution is 5.95. The van der Waals surface area contributed by atoms with Crippen LogP contribution in [0.4, 0.5) is 0 Å². The molecule has 9 heteroatoms. The molecule has 2 aromatic carbocycles. The van der Waals surface area contributed by atoms with Gasteiger partial charge < -0.3 is 29.4 Å². The van der Waals surface area contributed by atoms with E-state index in [4.69, 9.17) is 19.7 Å². The number of aryl methyl sites for hydroxylation is 3. The number of para-hydroxylation sites is 1. The van der Waals surface area contributed by atoms with Gasteiger partial charge in [0, 0.05) is 47.7 Å². The van der Waals surface area contributed by atoms with Gasteiger partial charge in [-0.05, 0) is 70.2 Å². The van der Waals surface area contributed by atoms with Gasteiger partial charge in [0.05, 0.1) is 7.11 Å². The van der Waals surface area contributed by atoms with Crippen molar-refractivity contribution in [1.29, 1.82) is 0 Å². The van der Waals surface area contributed by atoms with Gasteiger partial charge in [-0.2, -0.15) is 0 Å². The highest BCUT2D eigenvalue weighted by Gasteiger charge is 2.36. The molecule has 4 aromatic rings. The number of nitrogens with zero attached hydrogens (tertiary/aromatic N) is 2. The van der Waals surface area contributed by atoms with E-state index in [1.165, 1.54) is 0 Å². The Morgan fingerprint density at radius 2 is 1.85 bits per heavy atom. The number of nitrogens with two attached hydrogens (primary N) is 1. The maximum absolute atomic E-state index is 12.5. The minimum absolute atomic E-state index is 0.339. The fourth-order valence-electron chi connectivity index (χ4n) is 4.95. The molecule has 0 saturated heterocycles. The van der Waals surface area contributed by atoms with Gasteiger partial charge in [-0.25, -0.2) is 0 Å². The van der Waals surface area contributed by atoms with Crippen molar-refractivity contribution in [3.63, 3.8) is 0 Å². The van der Waals surface area contributed by atoms with Gasteiger partial charge in [-0.1, -0.05) is 35.5 Å². The summed E-state index contributed by atoms with van der Waals surface area (Å²) < 4.78 is 18.4. The van der Waals surface area contributed by atoms with Crippen molar-refractivity contribution in [2.75, 3.05) is 7.11 Å². The van der Waals surface area contributed by atoms with E-state index in [-0.39, 0.29) is 0 Å². The second kappa shape index (κ2) is 13.0. The van der Waals surface area contributed by atoms with Crippen LogP contribution >= 0.6 is 0 Å². The Bertz CT molecular complexity index is 1480. The molecule has 0 fully saturated rings. The fourth-order valence-corrected chi connectivity index (χ4v) is 4.95. The van der Waals surface area contributed by atoms with Gasteiger partial charge in [0.1, 0.15) is 22.8 Å². The van der Waals surface area contributed by atoms with Gasteiger partial charge in [0.25, 0.3) is 0 Å². The smallest absolute Gasteiger partial charge is 0.322 e. The van der Waals surface area contributed by atoms with Crippen LogP contribution in [0, 0.1) is 5.92 Å². The van der Waals surface area contributed by atoms with Gasteiger partial charge in [-0.15, -0.1) is 0 Å². The van der Waals surface area contributed by atoms with Crippen LogP contribution in [0.5, 0.6) is 5.75 Å². The standard InChI is InChI=1S/C32H39N3O6/c1-32(2,3)40-31(38)29(30(36)37)26(33)16-15-22-20-35(28-14-6-5-13-25(22)28)17-8-7-11-24-19-27(34-41-24)21-10-9-12-23(18-21)39-4/h5-6,9-10,12-14,18-20,26,29H,7-8,11,15-17,33H2,1-4H3,(H,36,37). The van der Waals surface area contributed by atoms with Crippen molar-refractivity contribution < 1.29 is 28.7 Å². The first-order valence-electron chi connectivity index (χ1n) is 13.9. The Labute approximate surface area is 240 Å². The number of aliphatic carboxylic acids is 1. The predicted octanol–water partition coefficient (Wildman–Crippen LogP) is 5.63. The van der Waals surface area contributed by atoms with E-state index in [0.717, 1.165) is 65.0 Å². The minimum Gasteiger partial charge on any atom is -0.497 e. The van der Waals surface area contributed by atoms with Gasteiger partial charge in [0.2, 0.25) is 0 Å². The lowest BCUT2D eigenvalue weighted by molar-refractivity contribution is -0.167. The molecule has 2 heterocycles. The van der Waals surface area contributed by atoms with E-state index in [2.05, 4.69) is 28.1 Å². The zero-order valence-corrected chi connectivity index (χ0v) is 24.1. The molecule has 4 rings (SSSR count). The molecule has 41 heavy (non-hydrogen) atoms. The zero-order chi connectivity index (χ0) is 29.6. The first kappa shape index (κ1) is 29.9. The van der Waals surface area contributed by atoms with Crippen LogP contribution in [0.3, 0.4) is 0 Å². The summed E-state index contributed by atoms with van der Waals surface area (Å²) in [5.41, 5.74) is 9.37. The number of hydrogen-bond acceptors (Lipinski definition) is 7. The van der Waals surface area contributed by atoms with Crippen molar-refractivity contribution in [2.24, 2.45) is 11.7 Å². The van der Waals surface area contributed by atoms with Crippen molar-refractivity contribution in [3.8, 4) is 17.0 Å². The molecular weight excluding hydrogens is 522 g/mol. The third-order valence-electron chi connectivity index (χ3n) is 6.97. The Kier molecular flexibility index (Phi) is 9.50. The lowest BCUT2D eigenvalue weighted by Crippen LogP contribution is -2.44. The number of ether oxygens (including phenoxy) is 2. The number of aromatic nitrogens is 2. The molecule has 0 aliphatic rings. The average Bonchev–Trinajstić information content (AvgIpc) is 3.54. The van der Waals surface area contributed by atoms with Gasteiger partial charge >= 0.3 is 11.9 Å². The summed E-state index contributed by atoms with van der Waals surface area (Å²) in [6.07, 6.45) is 5.63. The number of hydrogen-bond donors (Lipinski definition) is 2. The summed E-state index contributed by atoms with van der Waals surface area (Å²) >= 11 is 0. The van der Waals surface area contributed by atoms with Crippen molar-refractivity contribution in [1.82, 2.24) is 9.72 Å². The third-order valence-corrected chi connectivity index (χ3v) is 6.97. The molecular formula is C32H39N3O6. The average molecular weight is 562 g/mol. The van der Waals surface area contributed by atoms with Crippen LogP contribution in [0.1, 0.15) is 51.4 Å². The number of carboxylic acids is 1. The molecule has 9 nitrogen and oxygen atoms in total. The Morgan fingerprint density at radius 1 is 1.07 bits per heavy atom. The van der Waals surface area contributed by atoms with E-state index in [1.807, 2.05) is 42.5 Å². The number of benzene rings is 2.